The Morgan fingerprint density at radius 3 is 0.953 bits per heavy atom. The van der Waals surface area contributed by atoms with Gasteiger partial charge in [-0.1, -0.05) is 0 Å². The van der Waals surface area contributed by atoms with Crippen LogP contribution in [0.5, 0.6) is 0 Å². The number of aliphatic hydroxyl groups is 14. The highest BCUT2D eigenvalue weighted by atomic mass is 16.8. The summed E-state index contributed by atoms with van der Waals surface area (Å²) in [6.45, 7) is -4.40. The molecule has 0 aliphatic carbocycles. The molecule has 23 fully saturated rings. The van der Waals surface area contributed by atoms with Crippen LogP contribution in [0.2, 0.25) is 0 Å². The van der Waals surface area contributed by atoms with Crippen molar-refractivity contribution in [2.24, 2.45) is 0 Å². The van der Waals surface area contributed by atoms with Crippen LogP contribution >= 0.6 is 0 Å². The zero-order valence-corrected chi connectivity index (χ0v) is 33.5. The highest BCUT2D eigenvalue weighted by Gasteiger charge is 2.63. The second-order valence-electron chi connectivity index (χ2n) is 17.1. The van der Waals surface area contributed by atoms with Crippen molar-refractivity contribution in [2.75, 3.05) is 39.6 Å². The Bertz CT molecular complexity index is 1550. The molecule has 23 aliphatic rings. The van der Waals surface area contributed by atoms with Gasteiger partial charge in [0.1, 0.15) is 146 Å². The minimum absolute atomic E-state index is 0.199. The highest BCUT2D eigenvalue weighted by Crippen LogP contribution is 2.44. The van der Waals surface area contributed by atoms with Crippen LogP contribution in [0.4, 0.5) is 0 Å². The zero-order chi connectivity index (χ0) is 45.5. The molecule has 23 saturated heterocycles. The molecule has 30 atom stereocenters. The van der Waals surface area contributed by atoms with Crippen LogP contribution in [0.1, 0.15) is 0 Å². The molecule has 0 aromatic heterocycles. The highest BCUT2D eigenvalue weighted by molar-refractivity contribution is 5.05. The lowest BCUT2D eigenvalue weighted by Gasteiger charge is -2.49. The molecule has 368 valence electrons. The molecular formula is C36H56O28. The first-order chi connectivity index (χ1) is 30.7. The normalized spacial score (nSPS) is 57.8. The molecular weight excluding hydrogens is 880 g/mol. The third kappa shape index (κ3) is 8.54. The van der Waals surface area contributed by atoms with Crippen LogP contribution < -0.4 is 0 Å². The van der Waals surface area contributed by atoms with Gasteiger partial charge in [0.15, 0.2) is 37.7 Å². The fourth-order valence-electron chi connectivity index (χ4n) is 9.54. The van der Waals surface area contributed by atoms with E-state index in [1.54, 1.807) is 0 Å². The first-order valence-electron chi connectivity index (χ1n) is 21.0. The predicted octanol–water partition coefficient (Wildman–Crippen LogP) is -11.0. The van der Waals surface area contributed by atoms with E-state index in [1.807, 2.05) is 0 Å². The van der Waals surface area contributed by atoms with E-state index >= 15 is 0 Å². The maximum absolute atomic E-state index is 11.4. The molecule has 0 saturated carbocycles. The minimum Gasteiger partial charge on any atom is -0.394 e. The average molecular weight is 937 g/mol. The first-order valence-corrected chi connectivity index (χ1v) is 21.0. The van der Waals surface area contributed by atoms with Gasteiger partial charge in [0.25, 0.3) is 0 Å². The third-order valence-corrected chi connectivity index (χ3v) is 13.1. The van der Waals surface area contributed by atoms with Gasteiger partial charge in [-0.05, 0) is 0 Å². The van der Waals surface area contributed by atoms with E-state index in [-0.39, 0.29) is 6.61 Å². The van der Waals surface area contributed by atoms with Crippen LogP contribution in [0.15, 0.2) is 0 Å². The summed E-state index contributed by atoms with van der Waals surface area (Å²) in [7, 11) is 0. The van der Waals surface area contributed by atoms with Crippen molar-refractivity contribution in [1.82, 2.24) is 0 Å². The average Bonchev–Trinajstić information content (AvgIpc) is 4.04. The summed E-state index contributed by atoms with van der Waals surface area (Å²) in [6, 6.07) is 0. The lowest BCUT2D eigenvalue weighted by Crippen LogP contribution is -2.67. The van der Waals surface area contributed by atoms with Crippen molar-refractivity contribution in [3.05, 3.63) is 0 Å². The monoisotopic (exact) mass is 936 g/mol. The summed E-state index contributed by atoms with van der Waals surface area (Å²) in [4.78, 5) is 0. The lowest BCUT2D eigenvalue weighted by molar-refractivity contribution is -0.391. The number of hydrogen-bond acceptors (Lipinski definition) is 28. The molecule has 28 heteroatoms. The van der Waals surface area contributed by atoms with Gasteiger partial charge < -0.3 is 138 Å². The number of hydrogen-bond donors (Lipinski definition) is 14. The van der Waals surface area contributed by atoms with Crippen LogP contribution in [0.3, 0.4) is 0 Å². The van der Waals surface area contributed by atoms with E-state index in [0.717, 1.165) is 0 Å². The Labute approximate surface area is 361 Å². The lowest BCUT2D eigenvalue weighted by atomic mass is 9.95. The van der Waals surface area contributed by atoms with Crippen LogP contribution in [-0.4, -0.2) is 295 Å². The molecule has 28 nitrogen and oxygen atoms in total. The molecule has 14 bridgehead atoms. The maximum atomic E-state index is 11.4. The molecule has 64 heavy (non-hydrogen) atoms. The molecule has 0 spiro atoms. The molecule has 23 rings (SSSR count). The van der Waals surface area contributed by atoms with Gasteiger partial charge in [-0.25, -0.2) is 0 Å². The Kier molecular flexibility index (Phi) is 14.5. The predicted molar refractivity (Wildman–Crippen MR) is 189 cm³/mol. The van der Waals surface area contributed by atoms with Gasteiger partial charge in [0, 0.05) is 0 Å². The Morgan fingerprint density at radius 2 is 0.562 bits per heavy atom. The summed E-state index contributed by atoms with van der Waals surface area (Å²) in [5, 5.41) is 153. The van der Waals surface area contributed by atoms with Crippen molar-refractivity contribution >= 4 is 0 Å². The quantitative estimate of drug-likeness (QED) is 0.114. The van der Waals surface area contributed by atoms with Crippen molar-refractivity contribution in [3.63, 3.8) is 0 Å². The van der Waals surface area contributed by atoms with E-state index < -0.39 is 217 Å². The Balaban J connectivity index is 0.989. The Morgan fingerprint density at radius 1 is 0.250 bits per heavy atom. The smallest absolute Gasteiger partial charge is 0.187 e. The molecule has 0 amide bonds. The van der Waals surface area contributed by atoms with Gasteiger partial charge in [0.05, 0.1) is 39.6 Å². The summed E-state index contributed by atoms with van der Waals surface area (Å²) in [6.07, 6.45) is -48.0. The van der Waals surface area contributed by atoms with E-state index in [9.17, 15) is 71.5 Å². The number of epoxide rings is 1. The largest absolute Gasteiger partial charge is 0.394 e. The number of ether oxygens (including phenoxy) is 14. The SMILES string of the molecule is OC[C@H]1O[C@@H]2O[C@H]3[C@H](O)[C@@H](O)[C@@H](O[C@H]4[C@@H]5OC[C@H]4O[C@H](O[C@H]4[C@H](O)[C@@H](O)[C@@H](O[C@H]6[C@@H]7O[C@@H]7[C@@H](O[C@H]7[C@H](O)[C@@H](O)[C@@H](O[C@H]1[C@H](O)[C@H]2O)O[C@@H]7CO)O[C@@H]6CO)O[C@@H]4CO)[C@@H]5O)O[C@@H]3CO. The van der Waals surface area contributed by atoms with E-state index in [0.29, 0.717) is 0 Å². The summed E-state index contributed by atoms with van der Waals surface area (Å²) in [5.74, 6) is 0. The van der Waals surface area contributed by atoms with Crippen LogP contribution in [0, 0.1) is 0 Å². The summed E-state index contributed by atoms with van der Waals surface area (Å²) >= 11 is 0. The molecule has 0 unspecified atom stereocenters. The van der Waals surface area contributed by atoms with Crippen molar-refractivity contribution in [2.45, 2.75) is 184 Å². The standard InChI is InChI=1S/C36H56O28/c37-1-7-22-13(42)17(46)31(52-7)60-23-8(2-38)55-34(20(49)14(23)43)64-27-12-6-51-28(27)21(50)35(57-12)61-24-9(3-39)54-33(19(48)15(24)44)63-26-11(5-41)56-36(30-29(26)58-30)62-25-10(4-40)53-32(59-22)18(47)16(25)45/h7-50H,1-6H2/t7-,8-,9-,10-,11-,12-,13-,14-,15-,16-,17-,18-,19-,20-,21-,22-,23-,24-,25-,26-,27-,28-,29+,30+,31-,32-,33-,34-,35-,36-/m1/s1. The molecule has 0 aromatic rings. The summed E-state index contributed by atoms with van der Waals surface area (Å²) in [5.41, 5.74) is 0. The number of rotatable bonds is 5. The number of aliphatic hydroxyl groups excluding tert-OH is 14. The van der Waals surface area contributed by atoms with Crippen LogP contribution in [-0.2, 0) is 66.3 Å². The molecule has 0 radical (unpaired) electrons. The Hall–Kier alpha value is -1.12. The van der Waals surface area contributed by atoms with Gasteiger partial charge in [-0.15, -0.1) is 0 Å². The topological polar surface area (TPSA) is 416 Å². The van der Waals surface area contributed by atoms with Crippen LogP contribution in [0.25, 0.3) is 0 Å². The van der Waals surface area contributed by atoms with Crippen molar-refractivity contribution in [3.8, 4) is 0 Å². The van der Waals surface area contributed by atoms with Crippen molar-refractivity contribution in [1.29, 1.82) is 0 Å². The van der Waals surface area contributed by atoms with E-state index in [1.165, 1.54) is 0 Å². The molecule has 23 heterocycles. The molecule has 14 N–H and O–H groups in total. The fourth-order valence-corrected chi connectivity index (χ4v) is 9.54. The third-order valence-electron chi connectivity index (χ3n) is 13.1. The molecule has 23 aliphatic heterocycles. The van der Waals surface area contributed by atoms with E-state index in [4.69, 9.17) is 66.3 Å². The second kappa shape index (κ2) is 19.3. The summed E-state index contributed by atoms with van der Waals surface area (Å²) < 4.78 is 81.6. The van der Waals surface area contributed by atoms with Gasteiger partial charge in [-0.2, -0.15) is 0 Å². The second-order valence-corrected chi connectivity index (χ2v) is 17.1. The van der Waals surface area contributed by atoms with Gasteiger partial charge >= 0.3 is 0 Å². The molecule has 0 aromatic carbocycles. The van der Waals surface area contributed by atoms with E-state index in [2.05, 4.69) is 0 Å². The fraction of sp³-hybridized carbons (Fsp3) is 1.00. The minimum atomic E-state index is -2.05. The first kappa shape index (κ1) is 47.9. The van der Waals surface area contributed by atoms with Gasteiger partial charge in [-0.3, -0.25) is 0 Å². The van der Waals surface area contributed by atoms with Crippen molar-refractivity contribution < 1.29 is 138 Å². The zero-order valence-electron chi connectivity index (χ0n) is 33.5. The maximum Gasteiger partial charge on any atom is 0.187 e. The van der Waals surface area contributed by atoms with Gasteiger partial charge in [0.2, 0.25) is 0 Å².